The van der Waals surface area contributed by atoms with E-state index >= 15 is 0 Å². The molecule has 0 saturated carbocycles. The SMILES string of the molecule is CN(C(=O)O)C(=O)[C@@H]1CC(N)CN1. The highest BCUT2D eigenvalue weighted by Crippen LogP contribution is 2.07. The van der Waals surface area contributed by atoms with Crippen LogP contribution in [0.5, 0.6) is 0 Å². The van der Waals surface area contributed by atoms with Gasteiger partial charge in [0.05, 0.1) is 6.04 Å². The Morgan fingerprint density at radius 2 is 2.23 bits per heavy atom. The lowest BCUT2D eigenvalue weighted by Crippen LogP contribution is -2.43. The van der Waals surface area contributed by atoms with Gasteiger partial charge in [0.1, 0.15) is 0 Å². The summed E-state index contributed by atoms with van der Waals surface area (Å²) in [6.45, 7) is 0.559. The van der Waals surface area contributed by atoms with Crippen LogP contribution in [0, 0.1) is 0 Å². The molecule has 0 aliphatic carbocycles. The number of nitrogens with two attached hydrogens (primary N) is 1. The molecule has 0 spiro atoms. The number of nitrogens with one attached hydrogen (secondary N) is 1. The molecule has 2 amide bonds. The number of hydrogen-bond donors (Lipinski definition) is 3. The topological polar surface area (TPSA) is 95.7 Å². The van der Waals surface area contributed by atoms with E-state index in [4.69, 9.17) is 10.8 Å². The number of carboxylic acid groups (broad SMARTS) is 1. The van der Waals surface area contributed by atoms with Crippen LogP contribution in [0.25, 0.3) is 0 Å². The largest absolute Gasteiger partial charge is 0.465 e. The van der Waals surface area contributed by atoms with Crippen LogP contribution < -0.4 is 11.1 Å². The van der Waals surface area contributed by atoms with Gasteiger partial charge in [-0.3, -0.25) is 4.79 Å². The molecule has 2 atom stereocenters. The minimum absolute atomic E-state index is 0.0591. The summed E-state index contributed by atoms with van der Waals surface area (Å²) in [6.07, 6.45) is -0.747. The summed E-state index contributed by atoms with van der Waals surface area (Å²) in [5.41, 5.74) is 5.56. The Bertz CT molecular complexity index is 231. The van der Waals surface area contributed by atoms with Gasteiger partial charge in [0, 0.05) is 19.6 Å². The van der Waals surface area contributed by atoms with E-state index in [1.54, 1.807) is 0 Å². The second-order valence-corrected chi connectivity index (χ2v) is 3.14. The van der Waals surface area contributed by atoms with E-state index in [2.05, 4.69) is 5.32 Å². The second-order valence-electron chi connectivity index (χ2n) is 3.14. The Labute approximate surface area is 75.7 Å². The zero-order valence-electron chi connectivity index (χ0n) is 7.36. The van der Waals surface area contributed by atoms with Crippen molar-refractivity contribution in [2.24, 2.45) is 5.73 Å². The number of nitrogens with zero attached hydrogens (tertiary/aromatic N) is 1. The van der Waals surface area contributed by atoms with Crippen LogP contribution in [0.2, 0.25) is 0 Å². The Kier molecular flexibility index (Phi) is 2.84. The summed E-state index contributed by atoms with van der Waals surface area (Å²) in [5.74, 6) is -0.444. The maximum absolute atomic E-state index is 11.4. The average Bonchev–Trinajstić information content (AvgIpc) is 2.49. The van der Waals surface area contributed by atoms with Crippen molar-refractivity contribution >= 4 is 12.0 Å². The molecule has 0 bridgehead atoms. The van der Waals surface area contributed by atoms with Crippen molar-refractivity contribution in [1.82, 2.24) is 10.2 Å². The molecule has 0 radical (unpaired) electrons. The number of likely N-dealkylation sites (N-methyl/N-ethyl adjacent to an activating group) is 1. The van der Waals surface area contributed by atoms with Crippen LogP contribution in [0.4, 0.5) is 4.79 Å². The Morgan fingerprint density at radius 3 is 2.62 bits per heavy atom. The molecule has 1 aliphatic rings. The summed E-state index contributed by atoms with van der Waals surface area (Å²) in [5, 5.41) is 11.4. The van der Waals surface area contributed by atoms with Crippen LogP contribution in [-0.2, 0) is 4.79 Å². The summed E-state index contributed by atoms with van der Waals surface area (Å²) >= 11 is 0. The number of carbonyl (C=O) groups is 2. The zero-order valence-corrected chi connectivity index (χ0v) is 7.36. The van der Waals surface area contributed by atoms with E-state index in [1.807, 2.05) is 0 Å². The molecule has 4 N–H and O–H groups in total. The molecule has 74 valence electrons. The smallest absolute Gasteiger partial charge is 0.413 e. The van der Waals surface area contributed by atoms with Gasteiger partial charge < -0.3 is 16.2 Å². The Balaban J connectivity index is 2.53. The van der Waals surface area contributed by atoms with Crippen LogP contribution in [-0.4, -0.2) is 47.7 Å². The second kappa shape index (κ2) is 3.71. The van der Waals surface area contributed by atoms with E-state index in [-0.39, 0.29) is 6.04 Å². The van der Waals surface area contributed by atoms with Gasteiger partial charge in [0.15, 0.2) is 0 Å². The first-order valence-corrected chi connectivity index (χ1v) is 4.02. The van der Waals surface area contributed by atoms with Gasteiger partial charge in [-0.05, 0) is 6.42 Å². The van der Waals surface area contributed by atoms with Gasteiger partial charge in [-0.25, -0.2) is 9.69 Å². The Morgan fingerprint density at radius 1 is 1.62 bits per heavy atom. The highest BCUT2D eigenvalue weighted by atomic mass is 16.4. The van der Waals surface area contributed by atoms with E-state index in [9.17, 15) is 9.59 Å². The fourth-order valence-corrected chi connectivity index (χ4v) is 1.28. The fourth-order valence-electron chi connectivity index (χ4n) is 1.28. The van der Waals surface area contributed by atoms with Gasteiger partial charge in [-0.1, -0.05) is 0 Å². The maximum Gasteiger partial charge on any atom is 0.413 e. The first-order chi connectivity index (χ1) is 6.02. The molecule has 1 unspecified atom stereocenters. The number of hydrogen-bond acceptors (Lipinski definition) is 4. The normalized spacial score (nSPS) is 27.2. The third-order valence-corrected chi connectivity index (χ3v) is 2.08. The predicted molar refractivity (Wildman–Crippen MR) is 45.2 cm³/mol. The van der Waals surface area contributed by atoms with Gasteiger partial charge in [-0.15, -0.1) is 0 Å². The minimum Gasteiger partial charge on any atom is -0.465 e. The molecule has 0 aromatic carbocycles. The number of carbonyl (C=O) groups excluding carboxylic acids is 1. The molecule has 0 aromatic rings. The molecule has 6 nitrogen and oxygen atoms in total. The van der Waals surface area contributed by atoms with Crippen molar-refractivity contribution in [2.75, 3.05) is 13.6 Å². The molecule has 1 aliphatic heterocycles. The summed E-state index contributed by atoms with van der Waals surface area (Å²) in [6, 6.07) is -0.507. The van der Waals surface area contributed by atoms with Crippen molar-refractivity contribution in [3.05, 3.63) is 0 Å². The molecule has 0 aromatic heterocycles. The van der Waals surface area contributed by atoms with Crippen molar-refractivity contribution in [3.8, 4) is 0 Å². The van der Waals surface area contributed by atoms with Crippen molar-refractivity contribution in [2.45, 2.75) is 18.5 Å². The first kappa shape index (κ1) is 9.94. The van der Waals surface area contributed by atoms with Crippen molar-refractivity contribution in [3.63, 3.8) is 0 Å². The van der Waals surface area contributed by atoms with Gasteiger partial charge in [0.2, 0.25) is 5.91 Å². The lowest BCUT2D eigenvalue weighted by molar-refractivity contribution is -0.129. The van der Waals surface area contributed by atoms with E-state index in [0.29, 0.717) is 17.9 Å². The third-order valence-electron chi connectivity index (χ3n) is 2.08. The minimum atomic E-state index is -1.24. The van der Waals surface area contributed by atoms with Crippen LogP contribution in [0.15, 0.2) is 0 Å². The lowest BCUT2D eigenvalue weighted by atomic mass is 10.1. The zero-order chi connectivity index (χ0) is 10.0. The van der Waals surface area contributed by atoms with Crippen LogP contribution in [0.1, 0.15) is 6.42 Å². The standard InChI is InChI=1S/C7H13N3O3/c1-10(7(12)13)6(11)5-2-4(8)3-9-5/h4-5,9H,2-3,8H2,1H3,(H,12,13)/t4?,5-/m0/s1. The third kappa shape index (κ3) is 2.16. The number of imide groups is 1. The molecule has 1 saturated heterocycles. The molecule has 1 fully saturated rings. The van der Waals surface area contributed by atoms with Crippen LogP contribution in [0.3, 0.4) is 0 Å². The predicted octanol–water partition coefficient (Wildman–Crippen LogP) is -1.19. The first-order valence-electron chi connectivity index (χ1n) is 4.02. The maximum atomic E-state index is 11.4. The molecule has 13 heavy (non-hydrogen) atoms. The molecular weight excluding hydrogens is 174 g/mol. The Hall–Kier alpha value is -1.14. The average molecular weight is 187 g/mol. The summed E-state index contributed by atoms with van der Waals surface area (Å²) in [4.78, 5) is 22.5. The van der Waals surface area contributed by atoms with Crippen LogP contribution >= 0.6 is 0 Å². The molecule has 1 rings (SSSR count). The van der Waals surface area contributed by atoms with Gasteiger partial charge in [0.25, 0.3) is 0 Å². The highest BCUT2D eigenvalue weighted by molar-refractivity contribution is 5.94. The number of amides is 2. The molecule has 1 heterocycles. The highest BCUT2D eigenvalue weighted by Gasteiger charge is 2.31. The summed E-state index contributed by atoms with van der Waals surface area (Å²) < 4.78 is 0. The van der Waals surface area contributed by atoms with E-state index in [0.717, 1.165) is 0 Å². The fraction of sp³-hybridized carbons (Fsp3) is 0.714. The van der Waals surface area contributed by atoms with Gasteiger partial charge in [-0.2, -0.15) is 0 Å². The van der Waals surface area contributed by atoms with E-state index < -0.39 is 18.0 Å². The van der Waals surface area contributed by atoms with E-state index in [1.165, 1.54) is 7.05 Å². The monoisotopic (exact) mass is 187 g/mol. The lowest BCUT2D eigenvalue weighted by Gasteiger charge is -2.15. The summed E-state index contributed by atoms with van der Waals surface area (Å²) in [7, 11) is 1.23. The van der Waals surface area contributed by atoms with Gasteiger partial charge >= 0.3 is 6.09 Å². The molecule has 6 heteroatoms. The number of rotatable bonds is 1. The quantitative estimate of drug-likeness (QED) is 0.480. The van der Waals surface area contributed by atoms with Crippen molar-refractivity contribution in [1.29, 1.82) is 0 Å². The van der Waals surface area contributed by atoms with Crippen molar-refractivity contribution < 1.29 is 14.7 Å². The molecular formula is C7H13N3O3.